The molecular weight excluding hydrogens is 326 g/mol. The van der Waals surface area contributed by atoms with Crippen LogP contribution in [-0.2, 0) is 5.41 Å². The molecule has 1 aliphatic rings. The molecule has 3 aromatic carbocycles. The Balaban J connectivity index is 1.89. The third kappa shape index (κ3) is 2.30. The van der Waals surface area contributed by atoms with E-state index >= 15 is 0 Å². The Bertz CT molecular complexity index is 1190. The molecule has 0 radical (unpaired) electrons. The number of aromatic nitrogens is 1. The number of pyridine rings is 1. The summed E-state index contributed by atoms with van der Waals surface area (Å²) in [4.78, 5) is 0. The maximum absolute atomic E-state index is 3.25. The summed E-state index contributed by atoms with van der Waals surface area (Å²) in [6.45, 7) is 9.15. The first-order chi connectivity index (χ1) is 13.0. The lowest BCUT2D eigenvalue weighted by Crippen LogP contribution is -2.37. The molecule has 4 aromatic rings. The van der Waals surface area contributed by atoms with Crippen LogP contribution in [0.3, 0.4) is 0 Å². The second-order valence-electron chi connectivity index (χ2n) is 8.64. The first-order valence-corrected chi connectivity index (χ1v) is 9.83. The highest BCUT2D eigenvalue weighted by atomic mass is 15.0. The molecule has 0 N–H and O–H groups in total. The van der Waals surface area contributed by atoms with E-state index in [2.05, 4.69) is 93.1 Å². The lowest BCUT2D eigenvalue weighted by Gasteiger charge is -2.19. The fraction of sp³-hybridized carbons (Fsp3) is 0.269. The zero-order chi connectivity index (χ0) is 18.8. The van der Waals surface area contributed by atoms with Gasteiger partial charge in [0.15, 0.2) is 12.2 Å². The van der Waals surface area contributed by atoms with Gasteiger partial charge in [-0.1, -0.05) is 52.0 Å². The van der Waals surface area contributed by atoms with Gasteiger partial charge in [0, 0.05) is 28.8 Å². The van der Waals surface area contributed by atoms with E-state index in [0.29, 0.717) is 6.04 Å². The Labute approximate surface area is 161 Å². The van der Waals surface area contributed by atoms with Crippen LogP contribution in [0.2, 0.25) is 0 Å². The van der Waals surface area contributed by atoms with Crippen LogP contribution in [0.25, 0.3) is 32.8 Å². The van der Waals surface area contributed by atoms with E-state index in [4.69, 9.17) is 0 Å². The standard InChI is InChI=1S/C26H24N/c1-5-24-21-13-11-18(26(2,3)4)16-23(21)25-22-12-10-17-8-6-7-9-19(17)20(22)14-15-27(24)25/h7,9-16,24H,5H2,1-4H3/q+1. The molecule has 1 unspecified atom stereocenters. The van der Waals surface area contributed by atoms with Gasteiger partial charge < -0.3 is 0 Å². The quantitative estimate of drug-likeness (QED) is 0.362. The summed E-state index contributed by atoms with van der Waals surface area (Å²) in [6, 6.07) is 24.7. The molecule has 0 spiro atoms. The van der Waals surface area contributed by atoms with Gasteiger partial charge in [-0.2, -0.15) is 4.57 Å². The van der Waals surface area contributed by atoms with Crippen molar-refractivity contribution < 1.29 is 4.57 Å². The van der Waals surface area contributed by atoms with Gasteiger partial charge in [0.25, 0.3) is 0 Å². The van der Waals surface area contributed by atoms with Crippen molar-refractivity contribution in [2.75, 3.05) is 0 Å². The van der Waals surface area contributed by atoms with E-state index < -0.39 is 0 Å². The van der Waals surface area contributed by atoms with Crippen molar-refractivity contribution in [2.24, 2.45) is 0 Å². The molecule has 1 heteroatoms. The minimum atomic E-state index is 0.145. The smallest absolute Gasteiger partial charge is 0.191 e. The molecule has 1 aliphatic heterocycles. The predicted octanol–water partition coefficient (Wildman–Crippen LogP) is 6.16. The van der Waals surface area contributed by atoms with E-state index in [1.165, 1.54) is 38.5 Å². The van der Waals surface area contributed by atoms with Gasteiger partial charge in [-0.3, -0.25) is 0 Å². The highest BCUT2D eigenvalue weighted by Crippen LogP contribution is 2.41. The second kappa shape index (κ2) is 5.57. The van der Waals surface area contributed by atoms with E-state index in [0.717, 1.165) is 11.8 Å². The summed E-state index contributed by atoms with van der Waals surface area (Å²) in [7, 11) is 0. The fourth-order valence-corrected chi connectivity index (χ4v) is 4.55. The van der Waals surface area contributed by atoms with Crippen molar-refractivity contribution in [3.63, 3.8) is 0 Å². The minimum Gasteiger partial charge on any atom is -0.191 e. The lowest BCUT2D eigenvalue weighted by molar-refractivity contribution is -0.697. The highest BCUT2D eigenvalue weighted by Gasteiger charge is 2.37. The van der Waals surface area contributed by atoms with E-state index in [1.54, 1.807) is 0 Å². The average molecular weight is 350 g/mol. The van der Waals surface area contributed by atoms with Crippen molar-refractivity contribution in [1.82, 2.24) is 0 Å². The number of benzene rings is 2. The van der Waals surface area contributed by atoms with Crippen LogP contribution in [0.15, 0.2) is 54.7 Å². The fourth-order valence-electron chi connectivity index (χ4n) is 4.55. The molecule has 0 bridgehead atoms. The zero-order valence-electron chi connectivity index (χ0n) is 16.4. The molecule has 0 aliphatic carbocycles. The van der Waals surface area contributed by atoms with E-state index in [-0.39, 0.29) is 5.41 Å². The first-order valence-electron chi connectivity index (χ1n) is 9.83. The Morgan fingerprint density at radius 1 is 0.963 bits per heavy atom. The lowest BCUT2D eigenvalue weighted by atomic mass is 9.84. The van der Waals surface area contributed by atoms with Crippen molar-refractivity contribution in [1.29, 1.82) is 0 Å². The maximum atomic E-state index is 3.25. The third-order valence-electron chi connectivity index (χ3n) is 6.00. The molecule has 2 heterocycles. The topological polar surface area (TPSA) is 3.88 Å². The Hall–Kier alpha value is -2.85. The molecule has 1 nitrogen and oxygen atoms in total. The molecule has 0 saturated heterocycles. The van der Waals surface area contributed by atoms with Crippen molar-refractivity contribution in [2.45, 2.75) is 45.6 Å². The van der Waals surface area contributed by atoms with Crippen molar-refractivity contribution in [3.8, 4) is 11.3 Å². The first kappa shape index (κ1) is 16.3. The van der Waals surface area contributed by atoms with Gasteiger partial charge >= 0.3 is 0 Å². The average Bonchev–Trinajstić information content (AvgIpc) is 3.00. The number of fused-ring (bicyclic) bond motifs is 7. The third-order valence-corrected chi connectivity index (χ3v) is 6.00. The largest absolute Gasteiger partial charge is 0.221 e. The summed E-state index contributed by atoms with van der Waals surface area (Å²) in [5.74, 6) is 0. The van der Waals surface area contributed by atoms with Crippen LogP contribution in [0.1, 0.15) is 51.3 Å². The van der Waals surface area contributed by atoms with Crippen molar-refractivity contribution in [3.05, 3.63) is 78.0 Å². The number of rotatable bonds is 1. The van der Waals surface area contributed by atoms with Gasteiger partial charge in [0.1, 0.15) is 0 Å². The Morgan fingerprint density at radius 3 is 2.59 bits per heavy atom. The summed E-state index contributed by atoms with van der Waals surface area (Å²) >= 11 is 0. The van der Waals surface area contributed by atoms with Crippen LogP contribution < -0.4 is 4.57 Å². The molecule has 27 heavy (non-hydrogen) atoms. The van der Waals surface area contributed by atoms with Gasteiger partial charge in [0.2, 0.25) is 5.69 Å². The van der Waals surface area contributed by atoms with E-state index in [9.17, 15) is 0 Å². The summed E-state index contributed by atoms with van der Waals surface area (Å²) in [5, 5.41) is 5.01. The monoisotopic (exact) mass is 350 g/mol. The second-order valence-corrected chi connectivity index (χ2v) is 8.64. The SMILES string of the molecule is CCC1c2ccc(C(C)(C)C)cc2-c2c3ccc4c#cccc4c3cc[n+]21. The summed E-state index contributed by atoms with van der Waals surface area (Å²) in [5.41, 5.74) is 5.74. The van der Waals surface area contributed by atoms with E-state index in [1.807, 2.05) is 6.07 Å². The minimum absolute atomic E-state index is 0.145. The molecule has 0 amide bonds. The van der Waals surface area contributed by atoms with Gasteiger partial charge in [-0.05, 0) is 46.7 Å². The Morgan fingerprint density at radius 2 is 1.81 bits per heavy atom. The predicted molar refractivity (Wildman–Crippen MR) is 112 cm³/mol. The summed E-state index contributed by atoms with van der Waals surface area (Å²) in [6.07, 6.45) is 3.38. The normalized spacial score (nSPS) is 15.6. The number of nitrogens with zero attached hydrogens (tertiary/aromatic N) is 1. The van der Waals surface area contributed by atoms with Gasteiger partial charge in [0.05, 0.1) is 10.9 Å². The van der Waals surface area contributed by atoms with Gasteiger partial charge in [-0.25, -0.2) is 0 Å². The number of hydrogen-bond donors (Lipinski definition) is 0. The van der Waals surface area contributed by atoms with Crippen LogP contribution in [-0.4, -0.2) is 0 Å². The van der Waals surface area contributed by atoms with Crippen molar-refractivity contribution >= 4 is 21.5 Å². The zero-order valence-corrected chi connectivity index (χ0v) is 16.4. The molecular formula is C26H24N+. The van der Waals surface area contributed by atoms with Gasteiger partial charge in [-0.15, -0.1) is 0 Å². The van der Waals surface area contributed by atoms with Crippen LogP contribution in [0.5, 0.6) is 0 Å². The molecule has 0 saturated carbocycles. The molecule has 132 valence electrons. The molecule has 1 aromatic heterocycles. The highest BCUT2D eigenvalue weighted by molar-refractivity contribution is 6.10. The van der Waals surface area contributed by atoms with Crippen LogP contribution >= 0.6 is 0 Å². The number of hydrogen-bond acceptors (Lipinski definition) is 0. The van der Waals surface area contributed by atoms with Crippen LogP contribution in [0, 0.1) is 12.1 Å². The Kier molecular flexibility index (Phi) is 3.37. The maximum Gasteiger partial charge on any atom is 0.221 e. The summed E-state index contributed by atoms with van der Waals surface area (Å²) < 4.78 is 2.48. The van der Waals surface area contributed by atoms with Crippen LogP contribution in [0.4, 0.5) is 0 Å². The molecule has 5 rings (SSSR count). The molecule has 0 fully saturated rings. The molecule has 1 atom stereocenters.